The van der Waals surface area contributed by atoms with Gasteiger partial charge in [0.2, 0.25) is 21.8 Å². The van der Waals surface area contributed by atoms with Crippen molar-refractivity contribution < 1.29 is 27.5 Å². The first kappa shape index (κ1) is 23.1. The first-order valence-corrected chi connectivity index (χ1v) is 10.9. The summed E-state index contributed by atoms with van der Waals surface area (Å²) in [6.07, 6.45) is 1.03. The molecular weight excluding hydrogens is 422 g/mol. The molecule has 0 radical (unpaired) electrons. The number of rotatable bonds is 7. The molecule has 1 aromatic carbocycles. The lowest BCUT2D eigenvalue weighted by Gasteiger charge is -2.31. The Labute approximate surface area is 174 Å². The molecular formula is C18H24ClN3O6S. The minimum atomic E-state index is -3.75. The lowest BCUT2D eigenvalue weighted by atomic mass is 9.98. The Bertz CT molecular complexity index is 859. The predicted molar refractivity (Wildman–Crippen MR) is 106 cm³/mol. The van der Waals surface area contributed by atoms with Gasteiger partial charge in [-0.2, -0.15) is 4.31 Å². The van der Waals surface area contributed by atoms with Crippen LogP contribution in [0.25, 0.3) is 0 Å². The molecule has 1 aliphatic rings. The van der Waals surface area contributed by atoms with Gasteiger partial charge in [-0.25, -0.2) is 8.42 Å². The van der Waals surface area contributed by atoms with Gasteiger partial charge in [-0.1, -0.05) is 11.6 Å². The second kappa shape index (κ2) is 10.0. The van der Waals surface area contributed by atoms with Crippen molar-refractivity contribution in [2.75, 3.05) is 26.7 Å². The molecule has 160 valence electrons. The van der Waals surface area contributed by atoms with E-state index in [0.717, 1.165) is 0 Å². The van der Waals surface area contributed by atoms with Gasteiger partial charge in [-0.3, -0.25) is 14.4 Å². The lowest BCUT2D eigenvalue weighted by Crippen LogP contribution is -2.51. The Morgan fingerprint density at radius 1 is 1.28 bits per heavy atom. The summed E-state index contributed by atoms with van der Waals surface area (Å²) in [5, 5.41) is 5.35. The molecule has 0 saturated carbocycles. The summed E-state index contributed by atoms with van der Waals surface area (Å²) in [6.45, 7) is 1.51. The van der Waals surface area contributed by atoms with Crippen LogP contribution in [0.5, 0.6) is 0 Å². The maximum atomic E-state index is 12.8. The number of hydrogen-bond acceptors (Lipinski definition) is 6. The Hall–Kier alpha value is -2.17. The molecule has 29 heavy (non-hydrogen) atoms. The van der Waals surface area contributed by atoms with Crippen molar-refractivity contribution in [3.05, 3.63) is 29.3 Å². The van der Waals surface area contributed by atoms with E-state index in [1.54, 1.807) is 0 Å². The summed E-state index contributed by atoms with van der Waals surface area (Å²) in [7, 11) is -2.55. The van der Waals surface area contributed by atoms with Gasteiger partial charge in [-0.05, 0) is 44.0 Å². The SMILES string of the molecule is COC(=O)CNC(=O)C(C)NC(=O)C1CCCN(S(=O)(=O)c2ccc(Cl)cc2)C1. The summed E-state index contributed by atoms with van der Waals surface area (Å²) < 4.78 is 31.3. The molecule has 0 bridgehead atoms. The Kier molecular flexibility index (Phi) is 8.00. The van der Waals surface area contributed by atoms with Crippen LogP contribution in [0.4, 0.5) is 0 Å². The Balaban J connectivity index is 1.97. The molecule has 2 rings (SSSR count). The van der Waals surface area contributed by atoms with Crippen molar-refractivity contribution in [1.82, 2.24) is 14.9 Å². The Morgan fingerprint density at radius 2 is 1.93 bits per heavy atom. The van der Waals surface area contributed by atoms with Crippen LogP contribution in [0.2, 0.25) is 5.02 Å². The maximum absolute atomic E-state index is 12.8. The molecule has 0 spiro atoms. The van der Waals surface area contributed by atoms with Crippen molar-refractivity contribution in [3.63, 3.8) is 0 Å². The normalized spacial score (nSPS) is 18.5. The minimum Gasteiger partial charge on any atom is -0.468 e. The molecule has 0 aliphatic carbocycles. The van der Waals surface area contributed by atoms with Crippen molar-refractivity contribution >= 4 is 39.4 Å². The molecule has 11 heteroatoms. The second-order valence-electron chi connectivity index (χ2n) is 6.68. The number of nitrogens with one attached hydrogen (secondary N) is 2. The van der Waals surface area contributed by atoms with Gasteiger partial charge in [0.05, 0.1) is 17.9 Å². The highest BCUT2D eigenvalue weighted by atomic mass is 35.5. The molecule has 2 unspecified atom stereocenters. The first-order valence-electron chi connectivity index (χ1n) is 9.05. The number of methoxy groups -OCH3 is 1. The average molecular weight is 446 g/mol. The highest BCUT2D eigenvalue weighted by Crippen LogP contribution is 2.25. The number of piperidine rings is 1. The van der Waals surface area contributed by atoms with Crippen LogP contribution in [-0.2, 0) is 29.1 Å². The molecule has 9 nitrogen and oxygen atoms in total. The third kappa shape index (κ3) is 6.15. The van der Waals surface area contributed by atoms with Gasteiger partial charge in [0.25, 0.3) is 0 Å². The van der Waals surface area contributed by atoms with E-state index >= 15 is 0 Å². The van der Waals surface area contributed by atoms with E-state index in [1.165, 1.54) is 42.6 Å². The van der Waals surface area contributed by atoms with E-state index in [4.69, 9.17) is 11.6 Å². The van der Waals surface area contributed by atoms with E-state index in [0.29, 0.717) is 24.4 Å². The summed E-state index contributed by atoms with van der Waals surface area (Å²) in [6, 6.07) is 4.97. The number of hydrogen-bond donors (Lipinski definition) is 2. The van der Waals surface area contributed by atoms with Crippen molar-refractivity contribution in [2.24, 2.45) is 5.92 Å². The van der Waals surface area contributed by atoms with Crippen LogP contribution in [0.3, 0.4) is 0 Å². The maximum Gasteiger partial charge on any atom is 0.325 e. The largest absolute Gasteiger partial charge is 0.468 e. The van der Waals surface area contributed by atoms with Crippen LogP contribution in [0.15, 0.2) is 29.2 Å². The summed E-state index contributed by atoms with van der Waals surface area (Å²) >= 11 is 5.81. The predicted octanol–water partition coefficient (Wildman–Crippen LogP) is 0.535. The van der Waals surface area contributed by atoms with Crippen LogP contribution in [0.1, 0.15) is 19.8 Å². The Morgan fingerprint density at radius 3 is 2.55 bits per heavy atom. The van der Waals surface area contributed by atoms with Gasteiger partial charge in [0.15, 0.2) is 0 Å². The minimum absolute atomic E-state index is 0.0211. The first-order chi connectivity index (χ1) is 13.6. The standard InChI is InChI=1S/C18H24ClN3O6S/c1-12(17(24)20-10-16(23)28-2)21-18(25)13-4-3-9-22(11-13)29(26,27)15-7-5-14(19)6-8-15/h5-8,12-13H,3-4,9-11H2,1-2H3,(H,20,24)(H,21,25). The molecule has 1 aromatic rings. The highest BCUT2D eigenvalue weighted by molar-refractivity contribution is 7.89. The number of esters is 1. The van der Waals surface area contributed by atoms with Crippen LogP contribution < -0.4 is 10.6 Å². The van der Waals surface area contributed by atoms with E-state index in [-0.39, 0.29) is 18.0 Å². The van der Waals surface area contributed by atoms with Gasteiger partial charge >= 0.3 is 5.97 Å². The summed E-state index contributed by atoms with van der Waals surface area (Å²) in [5.74, 6) is -2.14. The van der Waals surface area contributed by atoms with Gasteiger partial charge in [-0.15, -0.1) is 0 Å². The van der Waals surface area contributed by atoms with Gasteiger partial charge in [0, 0.05) is 18.1 Å². The molecule has 1 aliphatic heterocycles. The van der Waals surface area contributed by atoms with Crippen LogP contribution in [-0.4, -0.2) is 63.3 Å². The zero-order chi connectivity index (χ0) is 21.6. The van der Waals surface area contributed by atoms with Gasteiger partial charge in [0.1, 0.15) is 12.6 Å². The zero-order valence-corrected chi connectivity index (χ0v) is 17.8. The van der Waals surface area contributed by atoms with Crippen molar-refractivity contribution in [3.8, 4) is 0 Å². The molecule has 2 N–H and O–H groups in total. The number of benzene rings is 1. The number of sulfonamides is 1. The monoisotopic (exact) mass is 445 g/mol. The van der Waals surface area contributed by atoms with Crippen LogP contribution in [0, 0.1) is 5.92 Å². The number of halogens is 1. The highest BCUT2D eigenvalue weighted by Gasteiger charge is 2.34. The van der Waals surface area contributed by atoms with E-state index in [9.17, 15) is 22.8 Å². The summed E-state index contributed by atoms with van der Waals surface area (Å²) in [5.41, 5.74) is 0. The van der Waals surface area contributed by atoms with Crippen molar-refractivity contribution in [1.29, 1.82) is 0 Å². The molecule has 1 fully saturated rings. The average Bonchev–Trinajstić information content (AvgIpc) is 2.71. The van der Waals surface area contributed by atoms with Crippen molar-refractivity contribution in [2.45, 2.75) is 30.7 Å². The third-order valence-corrected chi connectivity index (χ3v) is 6.72. The molecule has 2 atom stereocenters. The molecule has 0 aromatic heterocycles. The number of carbonyl (C=O) groups excluding carboxylic acids is 3. The topological polar surface area (TPSA) is 122 Å². The molecule has 1 heterocycles. The number of amides is 2. The number of ether oxygens (including phenoxy) is 1. The van der Waals surface area contributed by atoms with E-state index in [2.05, 4.69) is 15.4 Å². The fraction of sp³-hybridized carbons (Fsp3) is 0.500. The number of carbonyl (C=O) groups is 3. The second-order valence-corrected chi connectivity index (χ2v) is 9.05. The van der Waals surface area contributed by atoms with E-state index in [1.807, 2.05) is 0 Å². The number of nitrogens with zero attached hydrogens (tertiary/aromatic N) is 1. The molecule has 1 saturated heterocycles. The summed E-state index contributed by atoms with van der Waals surface area (Å²) in [4.78, 5) is 35.7. The smallest absolute Gasteiger partial charge is 0.325 e. The quantitative estimate of drug-likeness (QED) is 0.590. The fourth-order valence-electron chi connectivity index (χ4n) is 2.91. The lowest BCUT2D eigenvalue weighted by molar-refractivity contribution is -0.141. The van der Waals surface area contributed by atoms with Gasteiger partial charge < -0.3 is 15.4 Å². The third-order valence-electron chi connectivity index (χ3n) is 4.59. The zero-order valence-electron chi connectivity index (χ0n) is 16.2. The van der Waals surface area contributed by atoms with Crippen LogP contribution >= 0.6 is 11.6 Å². The molecule has 2 amide bonds. The fourth-order valence-corrected chi connectivity index (χ4v) is 4.56. The van der Waals surface area contributed by atoms with E-state index < -0.39 is 39.8 Å².